The van der Waals surface area contributed by atoms with Crippen molar-refractivity contribution in [2.45, 2.75) is 6.42 Å². The maximum atomic E-state index is 10.5. The molecule has 0 saturated heterocycles. The molecule has 0 saturated carbocycles. The average molecular weight is 232 g/mol. The Morgan fingerprint density at radius 1 is 1.43 bits per heavy atom. The van der Waals surface area contributed by atoms with Crippen LogP contribution in [0.15, 0.2) is 12.2 Å². The van der Waals surface area contributed by atoms with Crippen LogP contribution in [0.3, 0.4) is 0 Å². The first-order chi connectivity index (χ1) is 5.72. The molecular formula is C5H5NaO7S. The third kappa shape index (κ3) is 8.20. The molecule has 0 aromatic carbocycles. The van der Waals surface area contributed by atoms with Crippen LogP contribution in [-0.2, 0) is 24.2 Å². The van der Waals surface area contributed by atoms with Crippen molar-refractivity contribution in [1.29, 1.82) is 0 Å². The summed E-state index contributed by atoms with van der Waals surface area (Å²) in [6.45, 7) is 2.91. The van der Waals surface area contributed by atoms with E-state index in [1.807, 2.05) is 0 Å². The van der Waals surface area contributed by atoms with E-state index in [4.69, 9.17) is 4.55 Å². The Labute approximate surface area is 102 Å². The van der Waals surface area contributed by atoms with Crippen molar-refractivity contribution in [3.8, 4) is 0 Å². The van der Waals surface area contributed by atoms with E-state index in [-0.39, 0.29) is 29.6 Å². The van der Waals surface area contributed by atoms with Crippen molar-refractivity contribution >= 4 is 22.3 Å². The Morgan fingerprint density at radius 2 is 1.86 bits per heavy atom. The zero-order valence-electron chi connectivity index (χ0n) is 7.22. The Morgan fingerprint density at radius 3 is 2.14 bits per heavy atom. The third-order valence-corrected chi connectivity index (χ3v) is 1.19. The van der Waals surface area contributed by atoms with Gasteiger partial charge < -0.3 is 14.1 Å². The number of hydrogen-bond acceptors (Lipinski definition) is 6. The van der Waals surface area contributed by atoms with Crippen molar-refractivity contribution in [3.05, 3.63) is 12.2 Å². The second-order valence-corrected chi connectivity index (χ2v) is 2.97. The van der Waals surface area contributed by atoms with Crippen LogP contribution in [0, 0.1) is 0 Å². The van der Waals surface area contributed by atoms with E-state index in [0.717, 1.165) is 0 Å². The molecule has 0 aromatic rings. The van der Waals surface area contributed by atoms with E-state index in [9.17, 15) is 23.1 Å². The minimum atomic E-state index is -4.93. The van der Waals surface area contributed by atoms with Crippen LogP contribution in [0.1, 0.15) is 6.42 Å². The molecule has 0 aromatic heterocycles. The predicted molar refractivity (Wildman–Crippen MR) is 36.4 cm³/mol. The molecule has 0 spiro atoms. The fraction of sp³-hybridized carbons (Fsp3) is 0.200. The van der Waals surface area contributed by atoms with E-state index in [1.165, 1.54) is 0 Å². The topological polar surface area (TPSA) is 121 Å². The summed E-state index contributed by atoms with van der Waals surface area (Å²) in [4.78, 5) is 20.4. The average Bonchev–Trinajstić information content (AvgIpc) is 1.81. The normalized spacial score (nSPS) is 9.79. The van der Waals surface area contributed by atoms with Gasteiger partial charge in [0.25, 0.3) is 0 Å². The molecule has 0 aliphatic rings. The molecule has 0 rings (SSSR count). The largest absolute Gasteiger partial charge is 1.00 e. The van der Waals surface area contributed by atoms with Crippen LogP contribution in [0.4, 0.5) is 0 Å². The Kier molecular flexibility index (Phi) is 7.04. The van der Waals surface area contributed by atoms with Crippen LogP contribution in [0.25, 0.3) is 0 Å². The molecular weight excluding hydrogens is 227 g/mol. The summed E-state index contributed by atoms with van der Waals surface area (Å²) in [5, 5.41) is 9.89. The van der Waals surface area contributed by atoms with Gasteiger partial charge in [-0.15, -0.1) is 0 Å². The first-order valence-electron chi connectivity index (χ1n) is 2.81. The summed E-state index contributed by atoms with van der Waals surface area (Å²) in [6.07, 6.45) is -0.867. The molecule has 0 heterocycles. The van der Waals surface area contributed by atoms with Crippen LogP contribution >= 0.6 is 0 Å². The number of carbonyl (C=O) groups excluding carboxylic acids is 2. The SMILES string of the molecule is C=C(CC(=O)[O-])C(=O)OS(=O)(=O)O.[Na+]. The second-order valence-electron chi connectivity index (χ2n) is 1.95. The Hall–Kier alpha value is -0.410. The number of hydrogen-bond donors (Lipinski definition) is 1. The molecule has 0 radical (unpaired) electrons. The van der Waals surface area contributed by atoms with Crippen molar-refractivity contribution in [3.63, 3.8) is 0 Å². The number of carbonyl (C=O) groups is 2. The van der Waals surface area contributed by atoms with Gasteiger partial charge in [0.15, 0.2) is 0 Å². The molecule has 0 aliphatic carbocycles. The number of rotatable bonds is 4. The van der Waals surface area contributed by atoms with Gasteiger partial charge in [-0.25, -0.2) is 4.79 Å². The van der Waals surface area contributed by atoms with E-state index in [1.54, 1.807) is 0 Å². The van der Waals surface area contributed by atoms with Gasteiger partial charge in [-0.3, -0.25) is 4.55 Å². The first kappa shape index (κ1) is 16.0. The molecule has 0 aliphatic heterocycles. The summed E-state index contributed by atoms with van der Waals surface area (Å²) in [5.41, 5.74) is -0.641. The minimum Gasteiger partial charge on any atom is -0.550 e. The Bertz CT molecular complexity index is 343. The van der Waals surface area contributed by atoms with E-state index in [2.05, 4.69) is 10.8 Å². The van der Waals surface area contributed by atoms with Gasteiger partial charge in [0.05, 0.1) is 0 Å². The summed E-state index contributed by atoms with van der Waals surface area (Å²) < 4.78 is 31.3. The zero-order chi connectivity index (χ0) is 10.6. The molecule has 7 nitrogen and oxygen atoms in total. The van der Waals surface area contributed by atoms with Gasteiger partial charge in [-0.05, 0) is 0 Å². The van der Waals surface area contributed by atoms with E-state index in [0.29, 0.717) is 0 Å². The van der Waals surface area contributed by atoms with Crippen molar-refractivity contribution < 1.29 is 61.4 Å². The molecule has 0 amide bonds. The molecule has 0 bridgehead atoms. The zero-order valence-corrected chi connectivity index (χ0v) is 10.0. The summed E-state index contributed by atoms with van der Waals surface area (Å²) >= 11 is 0. The summed E-state index contributed by atoms with van der Waals surface area (Å²) in [5.74, 6) is -3.15. The van der Waals surface area contributed by atoms with Crippen LogP contribution in [0.2, 0.25) is 0 Å². The summed E-state index contributed by atoms with van der Waals surface area (Å²) in [6, 6.07) is 0. The van der Waals surface area contributed by atoms with Crippen molar-refractivity contribution in [2.75, 3.05) is 0 Å². The summed E-state index contributed by atoms with van der Waals surface area (Å²) in [7, 11) is -4.93. The van der Waals surface area contributed by atoms with E-state index >= 15 is 0 Å². The first-order valence-corrected chi connectivity index (χ1v) is 4.17. The molecule has 9 heteroatoms. The molecule has 74 valence electrons. The van der Waals surface area contributed by atoms with Gasteiger partial charge >= 0.3 is 45.9 Å². The fourth-order valence-corrected chi connectivity index (χ4v) is 0.710. The smallest absolute Gasteiger partial charge is 0.550 e. The van der Waals surface area contributed by atoms with Crippen LogP contribution in [-0.4, -0.2) is 24.9 Å². The molecule has 0 atom stereocenters. The maximum absolute atomic E-state index is 10.5. The van der Waals surface area contributed by atoms with Gasteiger partial charge in [0, 0.05) is 18.0 Å². The van der Waals surface area contributed by atoms with Gasteiger partial charge in [0.2, 0.25) is 0 Å². The minimum absolute atomic E-state index is 0. The standard InChI is InChI=1S/C5H6O7S.Na/c1-3(2-4(6)7)5(8)12-13(9,10)11;/h1-2H2,(H,6,7)(H,9,10,11);/q;+1/p-1. The van der Waals surface area contributed by atoms with Gasteiger partial charge in [-0.2, -0.15) is 8.42 Å². The third-order valence-electron chi connectivity index (χ3n) is 0.827. The molecule has 14 heavy (non-hydrogen) atoms. The molecule has 0 unspecified atom stereocenters. The van der Waals surface area contributed by atoms with E-state index < -0.39 is 34.3 Å². The quantitative estimate of drug-likeness (QED) is 0.292. The Balaban J connectivity index is 0. The number of aliphatic carboxylic acids is 1. The van der Waals surface area contributed by atoms with Crippen molar-refractivity contribution in [2.24, 2.45) is 0 Å². The number of carboxylic acids is 1. The fourth-order valence-electron chi connectivity index (χ4n) is 0.401. The second kappa shape index (κ2) is 6.14. The van der Waals surface area contributed by atoms with Gasteiger partial charge in [-0.1, -0.05) is 6.58 Å². The van der Waals surface area contributed by atoms with Crippen LogP contribution in [0.5, 0.6) is 0 Å². The maximum Gasteiger partial charge on any atom is 1.00 e. The number of carboxylic acid groups (broad SMARTS) is 1. The predicted octanol–water partition coefficient (Wildman–Crippen LogP) is -4.97. The van der Waals surface area contributed by atoms with Crippen molar-refractivity contribution in [1.82, 2.24) is 0 Å². The monoisotopic (exact) mass is 232 g/mol. The molecule has 0 fully saturated rings. The van der Waals surface area contributed by atoms with Crippen LogP contribution < -0.4 is 34.7 Å². The molecule has 1 N–H and O–H groups in total. The van der Waals surface area contributed by atoms with Gasteiger partial charge in [0.1, 0.15) is 0 Å².